The fraction of sp³-hybridized carbons (Fsp3) is 0.182. The van der Waals surface area contributed by atoms with Crippen molar-refractivity contribution in [2.75, 3.05) is 5.32 Å². The first-order valence-electron chi connectivity index (χ1n) is 5.56. The van der Waals surface area contributed by atoms with Crippen LogP contribution in [0.3, 0.4) is 0 Å². The van der Waals surface area contributed by atoms with Gasteiger partial charge in [-0.25, -0.2) is 19.3 Å². The van der Waals surface area contributed by atoms with Crippen molar-refractivity contribution >= 4 is 38.7 Å². The van der Waals surface area contributed by atoms with Gasteiger partial charge in [-0.15, -0.1) is 11.3 Å². The Hall–Kier alpha value is -1.67. The van der Waals surface area contributed by atoms with Gasteiger partial charge in [0.2, 0.25) is 0 Å². The van der Waals surface area contributed by atoms with Gasteiger partial charge in [-0.05, 0) is 35.0 Å². The second-order valence-corrected chi connectivity index (χ2v) is 6.52. The lowest BCUT2D eigenvalue weighted by atomic mass is 10.4. The summed E-state index contributed by atoms with van der Waals surface area (Å²) in [7, 11) is 0. The number of nitrogens with zero attached hydrogens (tertiary/aromatic N) is 3. The number of hydrogen-bond donors (Lipinski definition) is 2. The molecule has 0 aliphatic heterocycles. The molecule has 0 fully saturated rings. The number of nitrogens with one attached hydrogen (secondary N) is 2. The van der Waals surface area contributed by atoms with Crippen LogP contribution in [-0.2, 0) is 6.54 Å². The Labute approximate surface area is 120 Å². The topological polar surface area (TPSA) is 75.1 Å². The van der Waals surface area contributed by atoms with Gasteiger partial charge in [-0.2, -0.15) is 5.10 Å². The summed E-state index contributed by atoms with van der Waals surface area (Å²) in [5, 5.41) is 9.57. The summed E-state index contributed by atoms with van der Waals surface area (Å²) >= 11 is 5.10. The molecule has 0 aromatic carbocycles. The van der Waals surface area contributed by atoms with E-state index in [2.05, 4.69) is 36.4 Å². The van der Waals surface area contributed by atoms with Crippen LogP contribution in [0, 0.1) is 6.92 Å². The van der Waals surface area contributed by atoms with Crippen LogP contribution >= 0.6 is 27.3 Å². The number of aromatic amines is 1. The zero-order valence-electron chi connectivity index (χ0n) is 9.98. The van der Waals surface area contributed by atoms with E-state index in [1.54, 1.807) is 24.3 Å². The van der Waals surface area contributed by atoms with Gasteiger partial charge in [0, 0.05) is 10.9 Å². The molecule has 0 atom stereocenters. The van der Waals surface area contributed by atoms with E-state index >= 15 is 0 Å². The largest absolute Gasteiger partial charge is 0.365 e. The predicted molar refractivity (Wildman–Crippen MR) is 77.7 cm³/mol. The monoisotopic (exact) mass is 339 g/mol. The van der Waals surface area contributed by atoms with E-state index in [-0.39, 0.29) is 5.69 Å². The van der Waals surface area contributed by atoms with E-state index in [1.807, 2.05) is 12.1 Å². The van der Waals surface area contributed by atoms with E-state index in [1.165, 1.54) is 9.28 Å². The van der Waals surface area contributed by atoms with Crippen LogP contribution in [0.2, 0.25) is 0 Å². The maximum absolute atomic E-state index is 11.5. The fourth-order valence-electron chi connectivity index (χ4n) is 1.81. The number of aryl methyl sites for hydroxylation is 1. The molecule has 0 aliphatic rings. The van der Waals surface area contributed by atoms with Crippen LogP contribution in [0.5, 0.6) is 0 Å². The average molecular weight is 340 g/mol. The Morgan fingerprint density at radius 3 is 3.11 bits per heavy atom. The lowest BCUT2D eigenvalue weighted by molar-refractivity contribution is 0.932. The first-order valence-corrected chi connectivity index (χ1v) is 7.17. The molecular formula is C11H10BrN5OS. The van der Waals surface area contributed by atoms with Gasteiger partial charge < -0.3 is 5.32 Å². The zero-order valence-corrected chi connectivity index (χ0v) is 12.4. The molecule has 2 N–H and O–H groups in total. The molecule has 0 aliphatic carbocycles. The highest BCUT2D eigenvalue weighted by atomic mass is 79.9. The number of hydrogen-bond acceptors (Lipinski definition) is 5. The van der Waals surface area contributed by atoms with Crippen LogP contribution in [-0.4, -0.2) is 19.6 Å². The number of H-pyrrole nitrogens is 1. The molecule has 0 unspecified atom stereocenters. The zero-order chi connectivity index (χ0) is 13.4. The maximum Gasteiger partial charge on any atom is 0.349 e. The molecule has 98 valence electrons. The van der Waals surface area contributed by atoms with Crippen molar-refractivity contribution < 1.29 is 0 Å². The van der Waals surface area contributed by atoms with Crippen LogP contribution in [0.15, 0.2) is 26.8 Å². The molecule has 0 saturated carbocycles. The van der Waals surface area contributed by atoms with Gasteiger partial charge in [-0.3, -0.25) is 0 Å². The van der Waals surface area contributed by atoms with Crippen molar-refractivity contribution in [2.24, 2.45) is 0 Å². The van der Waals surface area contributed by atoms with Gasteiger partial charge in [0.25, 0.3) is 0 Å². The quantitative estimate of drug-likeness (QED) is 0.766. The molecular weight excluding hydrogens is 330 g/mol. The van der Waals surface area contributed by atoms with Crippen molar-refractivity contribution in [3.05, 3.63) is 43.2 Å². The summed E-state index contributed by atoms with van der Waals surface area (Å²) in [6.07, 6.45) is 0. The van der Waals surface area contributed by atoms with Gasteiger partial charge >= 0.3 is 5.69 Å². The lowest BCUT2D eigenvalue weighted by Gasteiger charge is -2.05. The van der Waals surface area contributed by atoms with Crippen LogP contribution in [0.4, 0.5) is 5.82 Å². The molecule has 0 bridgehead atoms. The van der Waals surface area contributed by atoms with Crippen LogP contribution < -0.4 is 11.0 Å². The van der Waals surface area contributed by atoms with E-state index in [0.717, 1.165) is 3.79 Å². The third-order valence-corrected chi connectivity index (χ3v) is 4.27. The van der Waals surface area contributed by atoms with Gasteiger partial charge in [0.15, 0.2) is 5.65 Å². The summed E-state index contributed by atoms with van der Waals surface area (Å²) < 4.78 is 2.54. The van der Waals surface area contributed by atoms with Crippen LogP contribution in [0.25, 0.3) is 5.65 Å². The van der Waals surface area contributed by atoms with Gasteiger partial charge in [0.1, 0.15) is 11.6 Å². The average Bonchev–Trinajstić information content (AvgIpc) is 2.94. The Balaban J connectivity index is 1.87. The first kappa shape index (κ1) is 12.4. The third kappa shape index (κ3) is 2.41. The van der Waals surface area contributed by atoms with Crippen molar-refractivity contribution in [1.82, 2.24) is 19.6 Å². The minimum Gasteiger partial charge on any atom is -0.365 e. The van der Waals surface area contributed by atoms with E-state index in [9.17, 15) is 4.79 Å². The molecule has 3 aromatic rings. The first-order chi connectivity index (χ1) is 9.13. The summed E-state index contributed by atoms with van der Waals surface area (Å²) in [6.45, 7) is 2.46. The minimum absolute atomic E-state index is 0.270. The van der Waals surface area contributed by atoms with E-state index in [4.69, 9.17) is 0 Å². The summed E-state index contributed by atoms with van der Waals surface area (Å²) in [6, 6.07) is 5.80. The Morgan fingerprint density at radius 2 is 2.37 bits per heavy atom. The lowest BCUT2D eigenvalue weighted by Crippen LogP contribution is -2.14. The van der Waals surface area contributed by atoms with Crippen molar-refractivity contribution in [3.63, 3.8) is 0 Å². The molecule has 3 heterocycles. The van der Waals surface area contributed by atoms with E-state index < -0.39 is 0 Å². The molecule has 6 nitrogen and oxygen atoms in total. The molecule has 3 rings (SSSR count). The highest BCUT2D eigenvalue weighted by molar-refractivity contribution is 9.11. The number of rotatable bonds is 3. The summed E-state index contributed by atoms with van der Waals surface area (Å²) in [4.78, 5) is 17.0. The molecule has 8 heteroatoms. The van der Waals surface area contributed by atoms with Crippen molar-refractivity contribution in [3.8, 4) is 0 Å². The Bertz CT molecular complexity index is 790. The number of aromatic nitrogens is 4. The third-order valence-electron chi connectivity index (χ3n) is 2.64. The summed E-state index contributed by atoms with van der Waals surface area (Å²) in [5.41, 5.74) is 0.293. The standard InChI is InChI=1S/C11H10BrN5OS/c1-6-14-9(4-10-15-16-11(18)17(6)10)13-5-7-2-3-8(12)19-7/h2-4,13H,5H2,1H3,(H,16,18). The molecule has 19 heavy (non-hydrogen) atoms. The highest BCUT2D eigenvalue weighted by Crippen LogP contribution is 2.22. The molecule has 3 aromatic heterocycles. The number of thiophene rings is 1. The number of fused-ring (bicyclic) bond motifs is 1. The number of halogens is 1. The van der Waals surface area contributed by atoms with E-state index in [0.29, 0.717) is 23.8 Å². The SMILES string of the molecule is Cc1nc(NCc2ccc(Br)s2)cc2n[nH]c(=O)n12. The Kier molecular flexibility index (Phi) is 3.11. The second kappa shape index (κ2) is 4.78. The van der Waals surface area contributed by atoms with Crippen molar-refractivity contribution in [1.29, 1.82) is 0 Å². The molecule has 0 radical (unpaired) electrons. The minimum atomic E-state index is -0.270. The van der Waals surface area contributed by atoms with Gasteiger partial charge in [-0.1, -0.05) is 0 Å². The van der Waals surface area contributed by atoms with Gasteiger partial charge in [0.05, 0.1) is 10.3 Å². The Morgan fingerprint density at radius 1 is 1.53 bits per heavy atom. The fourth-order valence-corrected chi connectivity index (χ4v) is 3.24. The normalized spacial score (nSPS) is 11.1. The summed E-state index contributed by atoms with van der Waals surface area (Å²) in [5.74, 6) is 1.31. The molecule has 0 amide bonds. The number of anilines is 1. The second-order valence-electron chi connectivity index (χ2n) is 3.97. The smallest absolute Gasteiger partial charge is 0.349 e. The maximum atomic E-state index is 11.5. The van der Waals surface area contributed by atoms with Crippen molar-refractivity contribution in [2.45, 2.75) is 13.5 Å². The highest BCUT2D eigenvalue weighted by Gasteiger charge is 2.07. The molecule has 0 saturated heterocycles. The molecule has 0 spiro atoms. The van der Waals surface area contributed by atoms with Crippen LogP contribution in [0.1, 0.15) is 10.7 Å². The predicted octanol–water partition coefficient (Wildman–Crippen LogP) is 2.16.